The van der Waals surface area contributed by atoms with Gasteiger partial charge in [-0.2, -0.15) is 13.2 Å². The fraction of sp³-hybridized carbons (Fsp3) is 0.579. The fourth-order valence-electron chi connectivity index (χ4n) is 3.45. The van der Waals surface area contributed by atoms with E-state index in [2.05, 4.69) is 0 Å². The summed E-state index contributed by atoms with van der Waals surface area (Å²) < 4.78 is 43.6. The Balaban J connectivity index is 2.00. The number of allylic oxidation sites excluding steroid dienone is 2. The van der Waals surface area contributed by atoms with Crippen LogP contribution in [0.4, 0.5) is 13.2 Å². The number of hydrogen-bond donors (Lipinski definition) is 0. The highest BCUT2D eigenvalue weighted by molar-refractivity contribution is 5.27. The Kier molecular flexibility index (Phi) is 6.14. The van der Waals surface area contributed by atoms with Crippen molar-refractivity contribution in [1.82, 2.24) is 0 Å². The van der Waals surface area contributed by atoms with E-state index in [1.165, 1.54) is 18.6 Å². The lowest BCUT2D eigenvalue weighted by Crippen LogP contribution is -2.16. The number of hydrogen-bond acceptors (Lipinski definition) is 1. The third-order valence-corrected chi connectivity index (χ3v) is 4.63. The molecule has 2 unspecified atom stereocenters. The topological polar surface area (TPSA) is 9.23 Å². The Morgan fingerprint density at radius 3 is 2.48 bits per heavy atom. The number of ether oxygens (including phenoxy) is 1. The van der Waals surface area contributed by atoms with E-state index in [0.29, 0.717) is 18.4 Å². The smallest absolute Gasteiger partial charge is 0.416 e. The fourth-order valence-corrected chi connectivity index (χ4v) is 3.45. The Bertz CT molecular complexity index is 516. The van der Waals surface area contributed by atoms with Crippen LogP contribution in [0.5, 0.6) is 0 Å². The molecule has 0 radical (unpaired) electrons. The third kappa shape index (κ3) is 5.02. The van der Waals surface area contributed by atoms with E-state index in [4.69, 9.17) is 4.74 Å². The number of benzene rings is 1. The van der Waals surface area contributed by atoms with Gasteiger partial charge in [-0.25, -0.2) is 0 Å². The van der Waals surface area contributed by atoms with Gasteiger partial charge in [-0.05, 0) is 68.7 Å². The Morgan fingerprint density at radius 2 is 1.91 bits per heavy atom. The highest BCUT2D eigenvalue weighted by Crippen LogP contribution is 2.39. The van der Waals surface area contributed by atoms with Gasteiger partial charge < -0.3 is 4.74 Å². The van der Waals surface area contributed by atoms with E-state index in [1.54, 1.807) is 12.1 Å². The van der Waals surface area contributed by atoms with Gasteiger partial charge in [-0.3, -0.25) is 0 Å². The van der Waals surface area contributed by atoms with Crippen LogP contribution >= 0.6 is 0 Å². The van der Waals surface area contributed by atoms with E-state index in [1.807, 2.05) is 19.9 Å². The van der Waals surface area contributed by atoms with Gasteiger partial charge in [0.05, 0.1) is 17.9 Å². The monoisotopic (exact) mass is 326 g/mol. The zero-order valence-electron chi connectivity index (χ0n) is 13.8. The average molecular weight is 326 g/mol. The van der Waals surface area contributed by atoms with Crippen molar-refractivity contribution in [2.45, 2.75) is 58.0 Å². The maximum absolute atomic E-state index is 12.7. The second-order valence-corrected chi connectivity index (χ2v) is 6.24. The molecule has 0 aromatic heterocycles. The summed E-state index contributed by atoms with van der Waals surface area (Å²) in [4.78, 5) is 0. The predicted octanol–water partition coefficient (Wildman–Crippen LogP) is 6.31. The molecule has 2 rings (SSSR count). The van der Waals surface area contributed by atoms with Crippen molar-refractivity contribution in [3.8, 4) is 0 Å². The maximum Gasteiger partial charge on any atom is 0.416 e. The highest BCUT2D eigenvalue weighted by atomic mass is 19.4. The molecular weight excluding hydrogens is 301 g/mol. The van der Waals surface area contributed by atoms with Crippen LogP contribution in [0.15, 0.2) is 36.1 Å². The molecule has 0 heterocycles. The third-order valence-electron chi connectivity index (χ3n) is 4.63. The van der Waals surface area contributed by atoms with Crippen LogP contribution in [0.3, 0.4) is 0 Å². The van der Waals surface area contributed by atoms with Gasteiger partial charge in [-0.1, -0.05) is 18.6 Å². The summed E-state index contributed by atoms with van der Waals surface area (Å²) in [6, 6.07) is 5.71. The number of rotatable bonds is 5. The summed E-state index contributed by atoms with van der Waals surface area (Å²) in [7, 11) is 0. The second kappa shape index (κ2) is 7.89. The molecule has 0 bridgehead atoms. The Morgan fingerprint density at radius 1 is 1.22 bits per heavy atom. The average Bonchev–Trinajstić information content (AvgIpc) is 2.54. The van der Waals surface area contributed by atoms with Crippen molar-refractivity contribution in [2.75, 3.05) is 6.61 Å². The second-order valence-electron chi connectivity index (χ2n) is 6.24. The molecule has 0 aliphatic heterocycles. The van der Waals surface area contributed by atoms with Crippen LogP contribution in [0, 0.1) is 5.92 Å². The van der Waals surface area contributed by atoms with Crippen LogP contribution in [-0.4, -0.2) is 6.61 Å². The summed E-state index contributed by atoms with van der Waals surface area (Å²) in [6.45, 7) is 4.64. The minimum absolute atomic E-state index is 0.357. The van der Waals surface area contributed by atoms with Gasteiger partial charge >= 0.3 is 6.18 Å². The summed E-state index contributed by atoms with van der Waals surface area (Å²) >= 11 is 0. The van der Waals surface area contributed by atoms with E-state index in [0.717, 1.165) is 37.0 Å². The standard InChI is InChI=1S/C19H25F3O/c1-3-18(23-4-2)13-14-6-5-7-16(12-14)15-8-10-17(11-9-15)19(20,21)22/h3,8-11,14,16H,4-7,12-13H2,1-2H3/b18-3-. The molecule has 1 aliphatic rings. The minimum Gasteiger partial charge on any atom is -0.499 e. The number of alkyl halides is 3. The highest BCUT2D eigenvalue weighted by Gasteiger charge is 2.31. The van der Waals surface area contributed by atoms with Crippen LogP contribution in [-0.2, 0) is 10.9 Å². The van der Waals surface area contributed by atoms with Crippen molar-refractivity contribution < 1.29 is 17.9 Å². The molecule has 2 atom stereocenters. The van der Waals surface area contributed by atoms with Crippen LogP contribution in [0.25, 0.3) is 0 Å². The first-order valence-electron chi connectivity index (χ1n) is 8.39. The summed E-state index contributed by atoms with van der Waals surface area (Å²) in [5, 5.41) is 0. The van der Waals surface area contributed by atoms with Crippen molar-refractivity contribution in [2.24, 2.45) is 5.92 Å². The van der Waals surface area contributed by atoms with Crippen molar-refractivity contribution in [3.63, 3.8) is 0 Å². The van der Waals surface area contributed by atoms with Crippen molar-refractivity contribution in [3.05, 3.63) is 47.2 Å². The summed E-state index contributed by atoms with van der Waals surface area (Å²) in [5.74, 6) is 1.94. The van der Waals surface area contributed by atoms with E-state index in [-0.39, 0.29) is 0 Å². The van der Waals surface area contributed by atoms with Gasteiger partial charge in [0.2, 0.25) is 0 Å². The summed E-state index contributed by atoms with van der Waals surface area (Å²) in [5.41, 5.74) is 0.460. The minimum atomic E-state index is -4.26. The van der Waals surface area contributed by atoms with Crippen LogP contribution < -0.4 is 0 Å². The molecule has 1 aliphatic carbocycles. The zero-order valence-corrected chi connectivity index (χ0v) is 13.8. The van der Waals surface area contributed by atoms with Crippen LogP contribution in [0.2, 0.25) is 0 Å². The molecule has 128 valence electrons. The van der Waals surface area contributed by atoms with E-state index < -0.39 is 11.7 Å². The van der Waals surface area contributed by atoms with E-state index >= 15 is 0 Å². The lowest BCUT2D eigenvalue weighted by atomic mass is 9.76. The predicted molar refractivity (Wildman–Crippen MR) is 86.1 cm³/mol. The Hall–Kier alpha value is -1.45. The van der Waals surface area contributed by atoms with Crippen molar-refractivity contribution in [1.29, 1.82) is 0 Å². The largest absolute Gasteiger partial charge is 0.499 e. The first-order valence-corrected chi connectivity index (χ1v) is 8.39. The normalized spacial score (nSPS) is 22.9. The lowest BCUT2D eigenvalue weighted by molar-refractivity contribution is -0.137. The van der Waals surface area contributed by atoms with Gasteiger partial charge in [0, 0.05) is 6.42 Å². The molecular formula is C19H25F3O. The molecule has 23 heavy (non-hydrogen) atoms. The number of halogens is 3. The maximum atomic E-state index is 12.7. The van der Waals surface area contributed by atoms with Crippen molar-refractivity contribution >= 4 is 0 Å². The SMILES string of the molecule is C/C=C(/CC1CCCC(c2ccc(C(F)(F)F)cc2)C1)OCC. The molecule has 0 N–H and O–H groups in total. The van der Waals surface area contributed by atoms with Gasteiger partial charge in [0.1, 0.15) is 0 Å². The summed E-state index contributed by atoms with van der Waals surface area (Å²) in [6.07, 6.45) is 3.07. The Labute approximate surface area is 136 Å². The lowest BCUT2D eigenvalue weighted by Gasteiger charge is -2.30. The molecule has 0 spiro atoms. The molecule has 1 aromatic carbocycles. The first-order chi connectivity index (χ1) is 10.9. The molecule has 1 aromatic rings. The zero-order chi connectivity index (χ0) is 16.9. The van der Waals surface area contributed by atoms with Gasteiger partial charge in [-0.15, -0.1) is 0 Å². The molecule has 4 heteroatoms. The quantitative estimate of drug-likeness (QED) is 0.576. The van der Waals surface area contributed by atoms with Gasteiger partial charge in [0.25, 0.3) is 0 Å². The first kappa shape index (κ1) is 17.9. The molecule has 1 fully saturated rings. The van der Waals surface area contributed by atoms with E-state index in [9.17, 15) is 13.2 Å². The van der Waals surface area contributed by atoms with Crippen LogP contribution in [0.1, 0.15) is 63.0 Å². The molecule has 0 saturated heterocycles. The van der Waals surface area contributed by atoms with Gasteiger partial charge in [0.15, 0.2) is 0 Å². The molecule has 1 saturated carbocycles. The molecule has 0 amide bonds. The molecule has 1 nitrogen and oxygen atoms in total.